The van der Waals surface area contributed by atoms with Crippen LogP contribution in [-0.2, 0) is 4.74 Å². The smallest absolute Gasteiger partial charge is 0.412 e. The molecule has 106 valence electrons. The summed E-state index contributed by atoms with van der Waals surface area (Å²) in [4.78, 5) is 15.1. The number of nitrogens with zero attached hydrogens (tertiary/aromatic N) is 1. The van der Waals surface area contributed by atoms with Crippen molar-refractivity contribution in [2.24, 2.45) is 0 Å². The highest BCUT2D eigenvalue weighted by Gasteiger charge is 2.19. The van der Waals surface area contributed by atoms with E-state index in [0.29, 0.717) is 0 Å². The number of amides is 1. The molecule has 0 aliphatic carbocycles. The average Bonchev–Trinajstić information content (AvgIpc) is 2.26. The predicted molar refractivity (Wildman–Crippen MR) is 65.5 cm³/mol. The highest BCUT2D eigenvalue weighted by molar-refractivity contribution is 5.86. The fraction of sp³-hybridized carbons (Fsp3) is 0.500. The molecule has 5 nitrogen and oxygen atoms in total. The van der Waals surface area contributed by atoms with E-state index in [-0.39, 0.29) is 5.69 Å². The lowest BCUT2D eigenvalue weighted by Gasteiger charge is -2.20. The fourth-order valence-electron chi connectivity index (χ4n) is 1.12. The van der Waals surface area contributed by atoms with Crippen molar-refractivity contribution in [3.63, 3.8) is 0 Å². The number of pyridine rings is 1. The van der Waals surface area contributed by atoms with Crippen molar-refractivity contribution in [1.29, 1.82) is 0 Å². The van der Waals surface area contributed by atoms with Gasteiger partial charge < -0.3 is 9.47 Å². The molecular weight excluding hydrogens is 258 g/mol. The first-order valence-electron chi connectivity index (χ1n) is 6.85. The molecule has 0 atom stereocenters. The van der Waals surface area contributed by atoms with E-state index in [1.54, 1.807) is 20.8 Å². The number of anilines is 1. The molecule has 0 aliphatic rings. The normalized spacial score (nSPS) is 14.3. The van der Waals surface area contributed by atoms with Crippen molar-refractivity contribution in [2.75, 3.05) is 5.32 Å². The molecular formula is C12H16F2N2O3. The standard InChI is InChI=1S/C12H16F2N2O3/c1-7-5-6-8(9(15-7)18-10(13)14)16-11(17)19-12(2,3)4/h5-6,10H,1-4H3,(H,16,17)/i1D3. The zero-order valence-corrected chi connectivity index (χ0v) is 10.7. The summed E-state index contributed by atoms with van der Waals surface area (Å²) in [5.74, 6) is -0.700. The molecule has 1 aromatic rings. The van der Waals surface area contributed by atoms with Gasteiger partial charge in [-0.25, -0.2) is 9.78 Å². The number of rotatable bonds is 3. The van der Waals surface area contributed by atoms with Crippen LogP contribution < -0.4 is 10.1 Å². The van der Waals surface area contributed by atoms with Gasteiger partial charge in [-0.05, 0) is 39.8 Å². The van der Waals surface area contributed by atoms with E-state index in [1.165, 1.54) is 0 Å². The van der Waals surface area contributed by atoms with Crippen LogP contribution in [0.15, 0.2) is 12.1 Å². The third-order valence-corrected chi connectivity index (χ3v) is 1.70. The van der Waals surface area contributed by atoms with Gasteiger partial charge in [0.2, 0.25) is 5.88 Å². The van der Waals surface area contributed by atoms with Crippen molar-refractivity contribution < 1.29 is 27.2 Å². The third kappa shape index (κ3) is 5.50. The summed E-state index contributed by atoms with van der Waals surface area (Å²) >= 11 is 0. The number of aromatic nitrogens is 1. The summed E-state index contributed by atoms with van der Waals surface area (Å²) in [5.41, 5.74) is -1.44. The molecule has 0 unspecified atom stereocenters. The number of hydrogen-bond acceptors (Lipinski definition) is 4. The Kier molecular flexibility index (Phi) is 3.35. The molecule has 0 saturated carbocycles. The molecule has 1 heterocycles. The Morgan fingerprint density at radius 2 is 2.16 bits per heavy atom. The number of carbonyl (C=O) groups excluding carboxylic acids is 1. The van der Waals surface area contributed by atoms with Gasteiger partial charge in [-0.2, -0.15) is 8.78 Å². The molecule has 0 radical (unpaired) electrons. The maximum absolute atomic E-state index is 12.4. The molecule has 0 spiro atoms. The first-order chi connectivity index (χ1) is 9.88. The van der Waals surface area contributed by atoms with Crippen LogP contribution in [-0.4, -0.2) is 23.3 Å². The highest BCUT2D eigenvalue weighted by Crippen LogP contribution is 2.24. The first kappa shape index (κ1) is 11.0. The quantitative estimate of drug-likeness (QED) is 0.920. The molecule has 1 aromatic heterocycles. The molecule has 7 heteroatoms. The lowest BCUT2D eigenvalue weighted by atomic mass is 10.2. The molecule has 19 heavy (non-hydrogen) atoms. The van der Waals surface area contributed by atoms with E-state index in [2.05, 4.69) is 15.0 Å². The largest absolute Gasteiger partial charge is 0.444 e. The molecule has 0 fully saturated rings. The molecule has 0 saturated heterocycles. The number of aryl methyl sites for hydroxylation is 1. The number of nitrogens with one attached hydrogen (secondary N) is 1. The van der Waals surface area contributed by atoms with Gasteiger partial charge in [0, 0.05) is 9.81 Å². The monoisotopic (exact) mass is 277 g/mol. The second-order valence-corrected chi connectivity index (χ2v) is 4.55. The average molecular weight is 277 g/mol. The van der Waals surface area contributed by atoms with Crippen LogP contribution in [0.4, 0.5) is 19.3 Å². The number of hydrogen-bond donors (Lipinski definition) is 1. The summed E-state index contributed by atoms with van der Waals surface area (Å²) in [5, 5.41) is 2.19. The van der Waals surface area contributed by atoms with Gasteiger partial charge >= 0.3 is 12.7 Å². The Balaban J connectivity index is 3.05. The fourth-order valence-corrected chi connectivity index (χ4v) is 1.12. The Labute approximate surface area is 114 Å². The van der Waals surface area contributed by atoms with E-state index in [1.807, 2.05) is 0 Å². The summed E-state index contributed by atoms with van der Waals surface area (Å²) in [7, 11) is 0. The van der Waals surface area contributed by atoms with Gasteiger partial charge in [-0.15, -0.1) is 0 Å². The number of carbonyl (C=O) groups is 1. The van der Waals surface area contributed by atoms with E-state index >= 15 is 0 Å². The van der Waals surface area contributed by atoms with Crippen molar-refractivity contribution in [2.45, 2.75) is 39.8 Å². The second-order valence-electron chi connectivity index (χ2n) is 4.55. The van der Waals surface area contributed by atoms with Crippen LogP contribution in [0.1, 0.15) is 30.6 Å². The van der Waals surface area contributed by atoms with Crippen LogP contribution >= 0.6 is 0 Å². The topological polar surface area (TPSA) is 60.5 Å². The maximum atomic E-state index is 12.4. The molecule has 1 N–H and O–H groups in total. The zero-order chi connectivity index (χ0) is 17.1. The summed E-state index contributed by atoms with van der Waals surface area (Å²) in [6.07, 6.45) is -0.907. The van der Waals surface area contributed by atoms with Gasteiger partial charge in [0.05, 0.1) is 0 Å². The third-order valence-electron chi connectivity index (χ3n) is 1.70. The molecule has 0 aliphatic heterocycles. The van der Waals surface area contributed by atoms with Crippen molar-refractivity contribution >= 4 is 11.8 Å². The Morgan fingerprint density at radius 1 is 1.47 bits per heavy atom. The lowest BCUT2D eigenvalue weighted by molar-refractivity contribution is -0.0524. The van der Waals surface area contributed by atoms with Crippen molar-refractivity contribution in [3.8, 4) is 5.88 Å². The Bertz CT molecular complexity index is 545. The van der Waals surface area contributed by atoms with Gasteiger partial charge in [-0.1, -0.05) is 0 Å². The van der Waals surface area contributed by atoms with Gasteiger partial charge in [0.25, 0.3) is 0 Å². The van der Waals surface area contributed by atoms with Crippen LogP contribution in [0.2, 0.25) is 0 Å². The highest BCUT2D eigenvalue weighted by atomic mass is 19.3. The minimum atomic E-state index is -3.22. The number of halogens is 2. The molecule has 1 amide bonds. The predicted octanol–water partition coefficient (Wildman–Crippen LogP) is 3.34. The van der Waals surface area contributed by atoms with E-state index in [9.17, 15) is 13.6 Å². The SMILES string of the molecule is [2H]C([2H])([2H])c1ccc(NC(=O)OC(C)(C)C)c(OC(F)F)n1. The van der Waals surface area contributed by atoms with Crippen LogP contribution in [0.25, 0.3) is 0 Å². The van der Waals surface area contributed by atoms with E-state index in [0.717, 1.165) is 12.1 Å². The minimum absolute atomic E-state index is 0.220. The van der Waals surface area contributed by atoms with Crippen molar-refractivity contribution in [1.82, 2.24) is 4.98 Å². The van der Waals surface area contributed by atoms with Gasteiger partial charge in [0.1, 0.15) is 11.3 Å². The van der Waals surface area contributed by atoms with Crippen LogP contribution in [0.3, 0.4) is 0 Å². The van der Waals surface area contributed by atoms with Crippen LogP contribution in [0, 0.1) is 6.85 Å². The Morgan fingerprint density at radius 3 is 2.68 bits per heavy atom. The van der Waals surface area contributed by atoms with E-state index < -0.39 is 36.7 Å². The summed E-state index contributed by atoms with van der Waals surface area (Å²) < 4.78 is 55.5. The number of ether oxygens (including phenoxy) is 2. The molecule has 1 rings (SSSR count). The molecule has 0 bridgehead atoms. The minimum Gasteiger partial charge on any atom is -0.444 e. The zero-order valence-electron chi connectivity index (χ0n) is 13.7. The van der Waals surface area contributed by atoms with E-state index in [4.69, 9.17) is 8.85 Å². The van der Waals surface area contributed by atoms with Crippen LogP contribution in [0.5, 0.6) is 5.88 Å². The van der Waals surface area contributed by atoms with Gasteiger partial charge in [0.15, 0.2) is 0 Å². The molecule has 0 aromatic carbocycles. The first-order valence-corrected chi connectivity index (χ1v) is 5.35. The number of alkyl halides is 2. The van der Waals surface area contributed by atoms with Crippen molar-refractivity contribution in [3.05, 3.63) is 17.8 Å². The summed E-state index contributed by atoms with van der Waals surface area (Å²) in [6, 6.07) is 2.19. The lowest BCUT2D eigenvalue weighted by Crippen LogP contribution is -2.27. The second kappa shape index (κ2) is 5.81. The summed E-state index contributed by atoms with van der Waals surface area (Å²) in [6.45, 7) is -0.944. The van der Waals surface area contributed by atoms with Gasteiger partial charge in [-0.3, -0.25) is 5.32 Å². The maximum Gasteiger partial charge on any atom is 0.412 e. The Hall–Kier alpha value is -1.92.